The molecule has 0 amide bonds. The van der Waals surface area contributed by atoms with Crippen LogP contribution in [0.2, 0.25) is 0 Å². The Morgan fingerprint density at radius 2 is 2.12 bits per heavy atom. The fourth-order valence-corrected chi connectivity index (χ4v) is 4.19. The van der Waals surface area contributed by atoms with Gasteiger partial charge in [0.05, 0.1) is 18.1 Å². The first-order valence-corrected chi connectivity index (χ1v) is 5.82. The van der Waals surface area contributed by atoms with Gasteiger partial charge in [-0.05, 0) is 25.7 Å². The van der Waals surface area contributed by atoms with Crippen LogP contribution in [-0.2, 0) is 14.3 Å². The largest absolute Gasteiger partial charge is 0.469 e. The maximum Gasteiger partial charge on any atom is 0.312 e. The molecule has 3 aliphatic carbocycles. The van der Waals surface area contributed by atoms with E-state index in [2.05, 4.69) is 0 Å². The van der Waals surface area contributed by atoms with Crippen molar-refractivity contribution in [3.05, 3.63) is 0 Å². The normalized spacial score (nSPS) is 49.5. The topological polar surface area (TPSA) is 63.6 Å². The van der Waals surface area contributed by atoms with Gasteiger partial charge in [-0.1, -0.05) is 0 Å². The zero-order valence-electron chi connectivity index (χ0n) is 9.41. The summed E-state index contributed by atoms with van der Waals surface area (Å²) in [5.74, 6) is -0.0502. The van der Waals surface area contributed by atoms with Gasteiger partial charge in [0.1, 0.15) is 5.78 Å². The van der Waals surface area contributed by atoms with Gasteiger partial charge < -0.3 is 9.84 Å². The number of ketones is 1. The highest BCUT2D eigenvalue weighted by Crippen LogP contribution is 2.79. The van der Waals surface area contributed by atoms with Crippen molar-refractivity contribution in [1.29, 1.82) is 0 Å². The molecular formula is C12H16O4. The van der Waals surface area contributed by atoms with Gasteiger partial charge in [-0.15, -0.1) is 0 Å². The summed E-state index contributed by atoms with van der Waals surface area (Å²) < 4.78 is 4.91. The van der Waals surface area contributed by atoms with Crippen molar-refractivity contribution in [2.24, 2.45) is 10.8 Å². The Morgan fingerprint density at radius 1 is 1.38 bits per heavy atom. The van der Waals surface area contributed by atoms with Crippen molar-refractivity contribution >= 4 is 11.8 Å². The van der Waals surface area contributed by atoms with Crippen molar-refractivity contribution < 1.29 is 19.4 Å². The second kappa shape index (κ2) is 2.67. The molecule has 3 fully saturated rings. The van der Waals surface area contributed by atoms with Crippen LogP contribution in [0.4, 0.5) is 0 Å². The molecule has 3 atom stereocenters. The molecule has 3 rings (SSSR count). The standard InChI is InChI=1S/C12H16O4/c1-16-9(14)10-3-2-8(13)6-11(10)7-12(11,15)5-4-10/h15H,2-7H2,1H3/t10-,11+,12-/m0/s1. The maximum atomic E-state index is 12.0. The molecule has 4 nitrogen and oxygen atoms in total. The van der Waals surface area contributed by atoms with Crippen LogP contribution in [0.3, 0.4) is 0 Å². The molecule has 0 unspecified atom stereocenters. The lowest BCUT2D eigenvalue weighted by Crippen LogP contribution is -2.45. The molecule has 4 heteroatoms. The predicted octanol–water partition coefficient (Wildman–Crippen LogP) is 0.814. The van der Waals surface area contributed by atoms with E-state index in [4.69, 9.17) is 4.74 Å². The van der Waals surface area contributed by atoms with E-state index in [1.807, 2.05) is 0 Å². The van der Waals surface area contributed by atoms with Gasteiger partial charge in [0, 0.05) is 18.3 Å². The minimum absolute atomic E-state index is 0.178. The first kappa shape index (κ1) is 10.3. The molecule has 0 aromatic carbocycles. The van der Waals surface area contributed by atoms with Gasteiger partial charge in [0.25, 0.3) is 0 Å². The van der Waals surface area contributed by atoms with Crippen LogP contribution in [-0.4, -0.2) is 29.6 Å². The molecule has 0 radical (unpaired) electrons. The number of hydrogen-bond acceptors (Lipinski definition) is 4. The average Bonchev–Trinajstić information content (AvgIpc) is 2.75. The van der Waals surface area contributed by atoms with Crippen LogP contribution in [0.5, 0.6) is 0 Å². The fourth-order valence-electron chi connectivity index (χ4n) is 4.19. The lowest BCUT2D eigenvalue weighted by molar-refractivity contribution is -0.162. The molecule has 88 valence electrons. The van der Waals surface area contributed by atoms with E-state index in [0.29, 0.717) is 38.5 Å². The van der Waals surface area contributed by atoms with Crippen molar-refractivity contribution in [2.45, 2.75) is 44.1 Å². The first-order valence-electron chi connectivity index (χ1n) is 5.82. The maximum absolute atomic E-state index is 12.0. The van der Waals surface area contributed by atoms with Gasteiger partial charge >= 0.3 is 5.97 Å². The van der Waals surface area contributed by atoms with Crippen molar-refractivity contribution in [2.75, 3.05) is 7.11 Å². The first-order chi connectivity index (χ1) is 7.50. The highest BCUT2D eigenvalue weighted by atomic mass is 16.5. The minimum Gasteiger partial charge on any atom is -0.469 e. The number of methoxy groups -OCH3 is 1. The summed E-state index contributed by atoms with van der Waals surface area (Å²) in [6, 6.07) is 0. The third-order valence-corrected chi connectivity index (χ3v) is 5.15. The number of carbonyl (C=O) groups is 2. The van der Waals surface area contributed by atoms with E-state index in [9.17, 15) is 14.7 Å². The summed E-state index contributed by atoms with van der Waals surface area (Å²) in [6.45, 7) is 0. The number of esters is 1. The molecule has 0 aliphatic heterocycles. The third kappa shape index (κ3) is 0.865. The quantitative estimate of drug-likeness (QED) is 0.669. The fraction of sp³-hybridized carbons (Fsp3) is 0.833. The monoisotopic (exact) mass is 224 g/mol. The van der Waals surface area contributed by atoms with Crippen LogP contribution >= 0.6 is 0 Å². The Bertz CT molecular complexity index is 390. The Kier molecular flexibility index (Phi) is 1.71. The molecule has 16 heavy (non-hydrogen) atoms. The molecule has 0 aromatic heterocycles. The second-order valence-corrected chi connectivity index (χ2v) is 5.58. The summed E-state index contributed by atoms with van der Waals surface area (Å²) in [5, 5.41) is 10.3. The Balaban J connectivity index is 2.04. The zero-order chi connectivity index (χ0) is 11.6. The van der Waals surface area contributed by atoms with E-state index in [1.165, 1.54) is 7.11 Å². The molecule has 1 spiro atoms. The lowest BCUT2D eigenvalue weighted by atomic mass is 9.63. The van der Waals surface area contributed by atoms with Crippen molar-refractivity contribution in [3.63, 3.8) is 0 Å². The second-order valence-electron chi connectivity index (χ2n) is 5.58. The third-order valence-electron chi connectivity index (χ3n) is 5.15. The Hall–Kier alpha value is -0.900. The predicted molar refractivity (Wildman–Crippen MR) is 54.5 cm³/mol. The van der Waals surface area contributed by atoms with E-state index in [-0.39, 0.29) is 11.8 Å². The molecule has 1 N–H and O–H groups in total. The number of ether oxygens (including phenoxy) is 1. The van der Waals surface area contributed by atoms with Gasteiger partial charge in [-0.25, -0.2) is 0 Å². The molecule has 0 bridgehead atoms. The number of hydrogen-bond donors (Lipinski definition) is 1. The van der Waals surface area contributed by atoms with E-state index < -0.39 is 16.4 Å². The molecular weight excluding hydrogens is 208 g/mol. The van der Waals surface area contributed by atoms with Crippen LogP contribution in [0, 0.1) is 10.8 Å². The SMILES string of the molecule is COC(=O)[C@@]12CCC(=O)C[C@@]13C[C@@]3(O)CC2. The van der Waals surface area contributed by atoms with Crippen molar-refractivity contribution in [3.8, 4) is 0 Å². The van der Waals surface area contributed by atoms with Crippen LogP contribution in [0.1, 0.15) is 38.5 Å². The van der Waals surface area contributed by atoms with Gasteiger partial charge in [0.15, 0.2) is 0 Å². The van der Waals surface area contributed by atoms with Crippen LogP contribution < -0.4 is 0 Å². The summed E-state index contributed by atoms with van der Waals surface area (Å²) in [7, 11) is 1.39. The van der Waals surface area contributed by atoms with Crippen molar-refractivity contribution in [1.82, 2.24) is 0 Å². The molecule has 0 heterocycles. The number of Topliss-reactive ketones (excluding diaryl/α,β-unsaturated/α-hetero) is 1. The summed E-state index contributed by atoms with van der Waals surface area (Å²) >= 11 is 0. The minimum atomic E-state index is -0.767. The highest BCUT2D eigenvalue weighted by molar-refractivity contribution is 5.88. The molecule has 3 saturated carbocycles. The van der Waals surface area contributed by atoms with E-state index in [1.54, 1.807) is 0 Å². The smallest absolute Gasteiger partial charge is 0.312 e. The van der Waals surface area contributed by atoms with Crippen LogP contribution in [0.15, 0.2) is 0 Å². The highest BCUT2D eigenvalue weighted by Gasteiger charge is 2.83. The molecule has 0 aromatic rings. The summed E-state index contributed by atoms with van der Waals surface area (Å²) in [6.07, 6.45) is 3.27. The Morgan fingerprint density at radius 3 is 2.75 bits per heavy atom. The molecule has 3 aliphatic rings. The summed E-state index contributed by atoms with van der Waals surface area (Å²) in [4.78, 5) is 23.6. The number of aliphatic hydroxyl groups is 1. The van der Waals surface area contributed by atoms with Gasteiger partial charge in [-0.3, -0.25) is 9.59 Å². The average molecular weight is 224 g/mol. The Labute approximate surface area is 94.0 Å². The lowest BCUT2D eigenvalue weighted by Gasteiger charge is -2.38. The van der Waals surface area contributed by atoms with Gasteiger partial charge in [-0.2, -0.15) is 0 Å². The van der Waals surface area contributed by atoms with Crippen LogP contribution in [0.25, 0.3) is 0 Å². The number of rotatable bonds is 1. The number of carbonyl (C=O) groups excluding carboxylic acids is 2. The molecule has 0 saturated heterocycles. The van der Waals surface area contributed by atoms with E-state index in [0.717, 1.165) is 0 Å². The van der Waals surface area contributed by atoms with Gasteiger partial charge in [0.2, 0.25) is 0 Å². The summed E-state index contributed by atoms with van der Waals surface area (Å²) in [5.41, 5.74) is -1.83. The van der Waals surface area contributed by atoms with E-state index >= 15 is 0 Å². The zero-order valence-corrected chi connectivity index (χ0v) is 9.41.